The Hall–Kier alpha value is -0.710. The van der Waals surface area contributed by atoms with Crippen LogP contribution in [0.4, 0.5) is 0 Å². The highest BCUT2D eigenvalue weighted by atomic mass is 16.5. The molecule has 0 aliphatic heterocycles. The lowest BCUT2D eigenvalue weighted by Gasteiger charge is -2.26. The van der Waals surface area contributed by atoms with E-state index in [0.29, 0.717) is 0 Å². The van der Waals surface area contributed by atoms with E-state index in [9.17, 15) is 0 Å². The van der Waals surface area contributed by atoms with E-state index < -0.39 is 0 Å². The summed E-state index contributed by atoms with van der Waals surface area (Å²) in [6.07, 6.45) is 16.7. The van der Waals surface area contributed by atoms with Gasteiger partial charge in [-0.25, -0.2) is 0 Å². The second kappa shape index (κ2) is 12.3. The number of nitriles is 1. The fraction of sp³-hybridized carbons (Fsp3) is 0.941. The van der Waals surface area contributed by atoms with Gasteiger partial charge in [0, 0.05) is 0 Å². The van der Waals surface area contributed by atoms with Crippen LogP contribution in [0.25, 0.3) is 0 Å². The molecule has 0 bridgehead atoms. The van der Waals surface area contributed by atoms with E-state index in [4.69, 9.17) is 10.00 Å². The summed E-state index contributed by atoms with van der Waals surface area (Å²) < 4.78 is 5.35. The molecule has 0 radical (unpaired) electrons. The fourth-order valence-corrected chi connectivity index (χ4v) is 2.54. The molecular weight excluding hydrogens is 234 g/mol. The quantitative estimate of drug-likeness (QED) is 0.304. The van der Waals surface area contributed by atoms with Crippen LogP contribution in [0.1, 0.15) is 97.8 Å². The third kappa shape index (κ3) is 10.9. The van der Waals surface area contributed by atoms with Gasteiger partial charge in [-0.1, -0.05) is 65.2 Å². The minimum Gasteiger partial charge on any atom is -0.421 e. The maximum Gasteiger partial charge on any atom is 0.286 e. The second-order valence-electron chi connectivity index (χ2n) is 5.97. The predicted molar refractivity (Wildman–Crippen MR) is 81.9 cm³/mol. The zero-order valence-electron chi connectivity index (χ0n) is 13.3. The largest absolute Gasteiger partial charge is 0.421 e. The van der Waals surface area contributed by atoms with Gasteiger partial charge < -0.3 is 4.74 Å². The Morgan fingerprint density at radius 3 is 1.58 bits per heavy atom. The Balaban J connectivity index is 3.81. The average molecular weight is 267 g/mol. The summed E-state index contributed by atoms with van der Waals surface area (Å²) in [7, 11) is 0. The van der Waals surface area contributed by atoms with Crippen LogP contribution in [0.15, 0.2) is 0 Å². The van der Waals surface area contributed by atoms with Gasteiger partial charge in [-0.15, -0.1) is 0 Å². The van der Waals surface area contributed by atoms with E-state index in [1.54, 1.807) is 0 Å². The third-order valence-electron chi connectivity index (χ3n) is 3.91. The van der Waals surface area contributed by atoms with Crippen LogP contribution in [0, 0.1) is 11.5 Å². The van der Waals surface area contributed by atoms with Crippen molar-refractivity contribution in [3.63, 3.8) is 0 Å². The van der Waals surface area contributed by atoms with Gasteiger partial charge in [0.15, 0.2) is 0 Å². The first kappa shape index (κ1) is 18.3. The molecule has 0 spiro atoms. The number of rotatable bonds is 13. The highest BCUT2D eigenvalue weighted by molar-refractivity contribution is 4.78. The van der Waals surface area contributed by atoms with E-state index in [0.717, 1.165) is 12.8 Å². The molecule has 0 aliphatic carbocycles. The summed E-state index contributed by atoms with van der Waals surface area (Å²) in [6, 6.07) is 0. The number of ether oxygens (including phenoxy) is 1. The molecule has 0 unspecified atom stereocenters. The van der Waals surface area contributed by atoms with Crippen molar-refractivity contribution in [1.82, 2.24) is 0 Å². The predicted octanol–water partition coefficient (Wildman–Crippen LogP) is 5.96. The number of unbranched alkanes of at least 4 members (excludes halogenated alkanes) is 8. The summed E-state index contributed by atoms with van der Waals surface area (Å²) in [4.78, 5) is 0. The van der Waals surface area contributed by atoms with E-state index in [1.807, 2.05) is 6.26 Å². The van der Waals surface area contributed by atoms with Crippen LogP contribution in [0.2, 0.25) is 0 Å². The lowest BCUT2D eigenvalue weighted by Crippen LogP contribution is -2.26. The van der Waals surface area contributed by atoms with E-state index in [1.165, 1.54) is 64.2 Å². The highest BCUT2D eigenvalue weighted by Gasteiger charge is 2.25. The minimum atomic E-state index is -0.215. The first-order chi connectivity index (χ1) is 9.18. The van der Waals surface area contributed by atoms with Gasteiger partial charge in [0.2, 0.25) is 0 Å². The molecule has 0 saturated carbocycles. The number of hydrogen-bond acceptors (Lipinski definition) is 2. The lowest BCUT2D eigenvalue weighted by atomic mass is 9.91. The molecule has 0 aromatic rings. The molecule has 2 heteroatoms. The van der Waals surface area contributed by atoms with Gasteiger partial charge in [-0.05, 0) is 32.6 Å². The SMILES string of the molecule is CCCCCCCC(C)(CCCCCCC)OC#N. The molecule has 0 heterocycles. The first-order valence-corrected chi connectivity index (χ1v) is 8.25. The molecule has 0 rings (SSSR count). The zero-order valence-corrected chi connectivity index (χ0v) is 13.3. The van der Waals surface area contributed by atoms with Crippen LogP contribution in [0.5, 0.6) is 0 Å². The van der Waals surface area contributed by atoms with E-state index >= 15 is 0 Å². The fourth-order valence-electron chi connectivity index (χ4n) is 2.54. The molecular formula is C17H33NO. The molecule has 2 nitrogen and oxygen atoms in total. The van der Waals surface area contributed by atoms with Gasteiger partial charge >= 0.3 is 0 Å². The number of hydrogen-bond donors (Lipinski definition) is 0. The summed E-state index contributed by atoms with van der Waals surface area (Å²) in [5, 5.41) is 8.81. The van der Waals surface area contributed by atoms with Gasteiger partial charge in [-0.3, -0.25) is 0 Å². The Morgan fingerprint density at radius 1 is 0.789 bits per heavy atom. The molecule has 0 saturated heterocycles. The van der Waals surface area contributed by atoms with Crippen molar-refractivity contribution < 1.29 is 4.74 Å². The zero-order chi connectivity index (χ0) is 14.4. The van der Waals surface area contributed by atoms with E-state index in [2.05, 4.69) is 20.8 Å². The topological polar surface area (TPSA) is 33.0 Å². The van der Waals surface area contributed by atoms with Crippen molar-refractivity contribution in [3.8, 4) is 6.26 Å². The Kier molecular flexibility index (Phi) is 11.9. The lowest BCUT2D eigenvalue weighted by molar-refractivity contribution is 0.0311. The Bertz CT molecular complexity index is 218. The Labute approximate surface area is 120 Å². The summed E-state index contributed by atoms with van der Waals surface area (Å²) in [5.74, 6) is 0. The van der Waals surface area contributed by atoms with E-state index in [-0.39, 0.29) is 5.60 Å². The summed E-state index contributed by atoms with van der Waals surface area (Å²) >= 11 is 0. The third-order valence-corrected chi connectivity index (χ3v) is 3.91. The van der Waals surface area contributed by atoms with Crippen molar-refractivity contribution in [2.24, 2.45) is 0 Å². The molecule has 0 aromatic carbocycles. The van der Waals surface area contributed by atoms with Crippen molar-refractivity contribution in [2.45, 2.75) is 103 Å². The monoisotopic (exact) mass is 267 g/mol. The van der Waals surface area contributed by atoms with Gasteiger partial charge in [0.1, 0.15) is 5.60 Å². The van der Waals surface area contributed by atoms with Gasteiger partial charge in [0.05, 0.1) is 0 Å². The molecule has 0 atom stereocenters. The van der Waals surface area contributed by atoms with Crippen molar-refractivity contribution >= 4 is 0 Å². The van der Waals surface area contributed by atoms with Crippen LogP contribution < -0.4 is 0 Å². The summed E-state index contributed by atoms with van der Waals surface area (Å²) in [5.41, 5.74) is -0.215. The highest BCUT2D eigenvalue weighted by Crippen LogP contribution is 2.26. The molecule has 0 fully saturated rings. The van der Waals surface area contributed by atoms with Gasteiger partial charge in [-0.2, -0.15) is 5.26 Å². The van der Waals surface area contributed by atoms with Crippen LogP contribution >= 0.6 is 0 Å². The van der Waals surface area contributed by atoms with Crippen LogP contribution in [0.3, 0.4) is 0 Å². The van der Waals surface area contributed by atoms with Gasteiger partial charge in [0.25, 0.3) is 6.26 Å². The first-order valence-electron chi connectivity index (χ1n) is 8.25. The van der Waals surface area contributed by atoms with Crippen LogP contribution in [-0.4, -0.2) is 5.60 Å². The maximum atomic E-state index is 8.81. The molecule has 0 aromatic heterocycles. The summed E-state index contributed by atoms with van der Waals surface area (Å²) in [6.45, 7) is 6.58. The average Bonchev–Trinajstić information content (AvgIpc) is 2.39. The molecule has 112 valence electrons. The second-order valence-corrected chi connectivity index (χ2v) is 5.97. The number of nitrogens with zero attached hydrogens (tertiary/aromatic N) is 1. The molecule has 0 N–H and O–H groups in total. The normalized spacial score (nSPS) is 11.3. The standard InChI is InChI=1S/C17H33NO/c1-4-6-8-10-12-14-17(3,19-16-18)15-13-11-9-7-5-2/h4-15H2,1-3H3. The molecule has 19 heavy (non-hydrogen) atoms. The Morgan fingerprint density at radius 2 is 1.21 bits per heavy atom. The molecule has 0 amide bonds. The smallest absolute Gasteiger partial charge is 0.286 e. The van der Waals surface area contributed by atoms with Crippen molar-refractivity contribution in [1.29, 1.82) is 5.26 Å². The molecule has 0 aliphatic rings. The minimum absolute atomic E-state index is 0.215. The van der Waals surface area contributed by atoms with Crippen molar-refractivity contribution in [2.75, 3.05) is 0 Å². The van der Waals surface area contributed by atoms with Crippen molar-refractivity contribution in [3.05, 3.63) is 0 Å². The maximum absolute atomic E-state index is 8.81. The van der Waals surface area contributed by atoms with Crippen LogP contribution in [-0.2, 0) is 4.74 Å².